The summed E-state index contributed by atoms with van der Waals surface area (Å²) < 4.78 is 0. The predicted molar refractivity (Wildman–Crippen MR) is 52.0 cm³/mol. The zero-order valence-corrected chi connectivity index (χ0v) is 8.31. The second-order valence-corrected chi connectivity index (χ2v) is 3.04. The van der Waals surface area contributed by atoms with E-state index in [0.717, 1.165) is 12.1 Å². The molecule has 0 saturated carbocycles. The molecule has 0 N–H and O–H groups in total. The Morgan fingerprint density at radius 2 is 2.00 bits per heavy atom. The van der Waals surface area contributed by atoms with Crippen molar-refractivity contribution in [2.75, 3.05) is 0 Å². The minimum Gasteiger partial charge on any atom is -0.263 e. The summed E-state index contributed by atoms with van der Waals surface area (Å²) in [6.45, 7) is 10.6. The van der Waals surface area contributed by atoms with E-state index in [2.05, 4.69) is 25.8 Å². The summed E-state index contributed by atoms with van der Waals surface area (Å²) in [6.07, 6.45) is 3.10. The number of hydrogen-bond donors (Lipinski definition) is 0. The van der Waals surface area contributed by atoms with Gasteiger partial charge in [-0.1, -0.05) is 26.8 Å². The molecule has 0 aromatic heterocycles. The van der Waals surface area contributed by atoms with Crippen LogP contribution < -0.4 is 0 Å². The quantitative estimate of drug-likeness (QED) is 0.551. The third-order valence-electron chi connectivity index (χ3n) is 1.77. The van der Waals surface area contributed by atoms with Crippen LogP contribution in [0.15, 0.2) is 16.8 Å². The molecule has 0 saturated heterocycles. The van der Waals surface area contributed by atoms with Crippen LogP contribution in [0.2, 0.25) is 0 Å². The summed E-state index contributed by atoms with van der Waals surface area (Å²) >= 11 is 0. The molecular weight excluding hydrogens is 134 g/mol. The molecule has 0 atom stereocenters. The molecule has 1 heteroatoms. The fourth-order valence-electron chi connectivity index (χ4n) is 0.907. The van der Waals surface area contributed by atoms with Gasteiger partial charge < -0.3 is 0 Å². The summed E-state index contributed by atoms with van der Waals surface area (Å²) in [7, 11) is 0. The minimum atomic E-state index is 0.579. The summed E-state index contributed by atoms with van der Waals surface area (Å²) in [6, 6.07) is 0. The first-order valence-corrected chi connectivity index (χ1v) is 4.32. The fourth-order valence-corrected chi connectivity index (χ4v) is 0.907. The predicted octanol–water partition coefficient (Wildman–Crippen LogP) is 3.42. The first-order chi connectivity index (χ1) is 5.11. The van der Waals surface area contributed by atoms with Crippen molar-refractivity contribution < 1.29 is 0 Å². The summed E-state index contributed by atoms with van der Waals surface area (Å²) in [5.41, 5.74) is 2.41. The van der Waals surface area contributed by atoms with E-state index in [4.69, 9.17) is 0 Å². The first kappa shape index (κ1) is 10.4. The van der Waals surface area contributed by atoms with Crippen LogP contribution in [0.4, 0.5) is 0 Å². The van der Waals surface area contributed by atoms with E-state index >= 15 is 0 Å². The van der Waals surface area contributed by atoms with Gasteiger partial charge in [0, 0.05) is 11.4 Å². The third-order valence-corrected chi connectivity index (χ3v) is 1.77. The third kappa shape index (κ3) is 3.97. The normalized spacial score (nSPS) is 14.4. The standard InChI is InChI=1S/C10H19N/c1-6-9(5)11-10(7-2)8(3)4/h6,8H,7H2,1-5H3/b9-6-,11-10?. The molecule has 0 radical (unpaired) electrons. The fraction of sp³-hybridized carbons (Fsp3) is 0.700. The maximum absolute atomic E-state index is 4.49. The van der Waals surface area contributed by atoms with Crippen LogP contribution in [0.1, 0.15) is 41.0 Å². The molecule has 0 spiro atoms. The molecule has 0 unspecified atom stereocenters. The summed E-state index contributed by atoms with van der Waals surface area (Å²) in [5, 5.41) is 0. The molecule has 0 rings (SSSR count). The average Bonchev–Trinajstić information content (AvgIpc) is 1.99. The smallest absolute Gasteiger partial charge is 0.0329 e. The molecule has 0 aliphatic heterocycles. The lowest BCUT2D eigenvalue weighted by Crippen LogP contribution is -2.05. The lowest BCUT2D eigenvalue weighted by Gasteiger charge is -2.06. The maximum atomic E-state index is 4.49. The van der Waals surface area contributed by atoms with Gasteiger partial charge >= 0.3 is 0 Å². The highest BCUT2D eigenvalue weighted by Crippen LogP contribution is 2.05. The second kappa shape index (κ2) is 5.11. The van der Waals surface area contributed by atoms with Gasteiger partial charge in [0.15, 0.2) is 0 Å². The van der Waals surface area contributed by atoms with Crippen LogP contribution in [0, 0.1) is 5.92 Å². The first-order valence-electron chi connectivity index (χ1n) is 4.32. The van der Waals surface area contributed by atoms with Gasteiger partial charge in [0.25, 0.3) is 0 Å². The zero-order chi connectivity index (χ0) is 8.85. The van der Waals surface area contributed by atoms with Gasteiger partial charge in [0.05, 0.1) is 0 Å². The van der Waals surface area contributed by atoms with E-state index in [1.165, 1.54) is 5.71 Å². The number of aliphatic imine (C=N–C) groups is 1. The van der Waals surface area contributed by atoms with Crippen LogP contribution in [-0.2, 0) is 0 Å². The summed E-state index contributed by atoms with van der Waals surface area (Å²) in [4.78, 5) is 4.49. The number of hydrogen-bond acceptors (Lipinski definition) is 1. The molecule has 0 aliphatic rings. The van der Waals surface area contributed by atoms with Gasteiger partial charge in [-0.05, 0) is 26.2 Å². The molecular formula is C10H19N. The molecule has 64 valence electrons. The summed E-state index contributed by atoms with van der Waals surface area (Å²) in [5.74, 6) is 0.579. The Hall–Kier alpha value is -0.590. The van der Waals surface area contributed by atoms with Crippen molar-refractivity contribution >= 4 is 5.71 Å². The molecule has 11 heavy (non-hydrogen) atoms. The maximum Gasteiger partial charge on any atom is 0.0329 e. The van der Waals surface area contributed by atoms with E-state index in [1.807, 2.05) is 19.9 Å². The highest BCUT2D eigenvalue weighted by Gasteiger charge is 2.00. The molecule has 0 aromatic rings. The minimum absolute atomic E-state index is 0.579. The van der Waals surface area contributed by atoms with E-state index in [1.54, 1.807) is 0 Å². The van der Waals surface area contributed by atoms with Crippen molar-refractivity contribution in [3.8, 4) is 0 Å². The second-order valence-electron chi connectivity index (χ2n) is 3.04. The molecule has 0 heterocycles. The number of nitrogens with zero attached hydrogens (tertiary/aromatic N) is 1. The molecule has 0 aromatic carbocycles. The van der Waals surface area contributed by atoms with Crippen molar-refractivity contribution in [3.05, 3.63) is 11.8 Å². The highest BCUT2D eigenvalue weighted by molar-refractivity contribution is 5.86. The SMILES string of the molecule is C/C=C(/C)N=C(CC)C(C)C. The van der Waals surface area contributed by atoms with Gasteiger partial charge in [-0.15, -0.1) is 0 Å². The Bertz CT molecular complexity index is 164. The van der Waals surface area contributed by atoms with Crippen LogP contribution >= 0.6 is 0 Å². The Morgan fingerprint density at radius 1 is 1.45 bits per heavy atom. The average molecular weight is 153 g/mol. The number of rotatable bonds is 3. The van der Waals surface area contributed by atoms with Gasteiger partial charge in [-0.2, -0.15) is 0 Å². The van der Waals surface area contributed by atoms with Crippen LogP contribution in [-0.4, -0.2) is 5.71 Å². The van der Waals surface area contributed by atoms with E-state index in [-0.39, 0.29) is 0 Å². The van der Waals surface area contributed by atoms with E-state index < -0.39 is 0 Å². The topological polar surface area (TPSA) is 12.4 Å². The van der Waals surface area contributed by atoms with Crippen molar-refractivity contribution in [3.63, 3.8) is 0 Å². The molecule has 0 amide bonds. The number of allylic oxidation sites excluding steroid dienone is 2. The zero-order valence-electron chi connectivity index (χ0n) is 8.31. The highest BCUT2D eigenvalue weighted by atomic mass is 14.7. The van der Waals surface area contributed by atoms with Crippen molar-refractivity contribution in [2.45, 2.75) is 41.0 Å². The van der Waals surface area contributed by atoms with Gasteiger partial charge in [0.1, 0.15) is 0 Å². The Balaban J connectivity index is 4.35. The lowest BCUT2D eigenvalue weighted by atomic mass is 10.1. The monoisotopic (exact) mass is 153 g/mol. The largest absolute Gasteiger partial charge is 0.263 e. The van der Waals surface area contributed by atoms with Gasteiger partial charge in [0.2, 0.25) is 0 Å². The Labute approximate surface area is 70.2 Å². The van der Waals surface area contributed by atoms with E-state index in [0.29, 0.717) is 5.92 Å². The Morgan fingerprint density at radius 3 is 2.27 bits per heavy atom. The van der Waals surface area contributed by atoms with Crippen molar-refractivity contribution in [2.24, 2.45) is 10.9 Å². The molecule has 0 bridgehead atoms. The lowest BCUT2D eigenvalue weighted by molar-refractivity contribution is 0.853. The van der Waals surface area contributed by atoms with Gasteiger partial charge in [-0.25, -0.2) is 0 Å². The Kier molecular flexibility index (Phi) is 4.84. The molecule has 0 aliphatic carbocycles. The molecule has 1 nitrogen and oxygen atoms in total. The van der Waals surface area contributed by atoms with Gasteiger partial charge in [-0.3, -0.25) is 4.99 Å². The van der Waals surface area contributed by atoms with Crippen LogP contribution in [0.3, 0.4) is 0 Å². The van der Waals surface area contributed by atoms with Crippen molar-refractivity contribution in [1.29, 1.82) is 0 Å². The molecule has 0 fully saturated rings. The van der Waals surface area contributed by atoms with Crippen molar-refractivity contribution in [1.82, 2.24) is 0 Å². The van der Waals surface area contributed by atoms with Crippen LogP contribution in [0.5, 0.6) is 0 Å². The van der Waals surface area contributed by atoms with Crippen LogP contribution in [0.25, 0.3) is 0 Å². The van der Waals surface area contributed by atoms with E-state index in [9.17, 15) is 0 Å².